The summed E-state index contributed by atoms with van der Waals surface area (Å²) in [4.78, 5) is 24.4. The zero-order valence-electron chi connectivity index (χ0n) is 13.6. The lowest BCUT2D eigenvalue weighted by molar-refractivity contribution is -0.197. The minimum atomic E-state index is -4.51. The summed E-state index contributed by atoms with van der Waals surface area (Å²) < 4.78 is 39.8. The van der Waals surface area contributed by atoms with E-state index in [-0.39, 0.29) is 31.7 Å². The second-order valence-electron chi connectivity index (χ2n) is 6.06. The van der Waals surface area contributed by atoms with Crippen molar-refractivity contribution < 1.29 is 22.8 Å². The van der Waals surface area contributed by atoms with Gasteiger partial charge in [-0.2, -0.15) is 18.4 Å². The number of hydrogen-bond acceptors (Lipinski definition) is 3. The van der Waals surface area contributed by atoms with Crippen molar-refractivity contribution in [2.75, 3.05) is 6.54 Å². The summed E-state index contributed by atoms with van der Waals surface area (Å²) >= 11 is 0. The van der Waals surface area contributed by atoms with Crippen LogP contribution in [0.4, 0.5) is 13.2 Å². The molecule has 1 aromatic rings. The molecule has 2 rings (SSSR count). The number of nitrogens with one attached hydrogen (secondary N) is 1. The van der Waals surface area contributed by atoms with Crippen molar-refractivity contribution in [1.82, 2.24) is 10.2 Å². The number of carbonyl (C=O) groups is 2. The summed E-state index contributed by atoms with van der Waals surface area (Å²) in [6, 6.07) is 5.74. The molecule has 2 atom stereocenters. The maximum atomic E-state index is 13.3. The third kappa shape index (κ3) is 4.95. The molecule has 0 bridgehead atoms. The molecule has 25 heavy (non-hydrogen) atoms. The smallest absolute Gasteiger partial charge is 0.352 e. The van der Waals surface area contributed by atoms with Gasteiger partial charge in [-0.1, -0.05) is 12.1 Å². The van der Waals surface area contributed by atoms with Crippen LogP contribution in [0.2, 0.25) is 0 Å². The van der Waals surface area contributed by atoms with Gasteiger partial charge in [-0.05, 0) is 30.5 Å². The summed E-state index contributed by atoms with van der Waals surface area (Å²) in [5.41, 5.74) is 0.944. The van der Waals surface area contributed by atoms with Crippen LogP contribution in [0.1, 0.15) is 30.9 Å². The summed E-state index contributed by atoms with van der Waals surface area (Å²) in [6.07, 6.45) is -4.77. The Hall–Kier alpha value is -2.56. The van der Waals surface area contributed by atoms with Gasteiger partial charge >= 0.3 is 6.18 Å². The Morgan fingerprint density at radius 2 is 1.92 bits per heavy atom. The van der Waals surface area contributed by atoms with E-state index in [0.717, 1.165) is 4.90 Å². The molecule has 0 radical (unpaired) electrons. The lowest BCUT2D eigenvalue weighted by atomic mass is 9.96. The summed E-state index contributed by atoms with van der Waals surface area (Å²) in [5, 5.41) is 11.3. The molecule has 0 spiro atoms. The van der Waals surface area contributed by atoms with Crippen molar-refractivity contribution >= 4 is 11.8 Å². The van der Waals surface area contributed by atoms with Gasteiger partial charge in [0.2, 0.25) is 11.8 Å². The minimum Gasteiger partial charge on any atom is -0.352 e. The van der Waals surface area contributed by atoms with Crippen molar-refractivity contribution in [2.24, 2.45) is 0 Å². The maximum absolute atomic E-state index is 13.3. The molecule has 1 heterocycles. The van der Waals surface area contributed by atoms with Crippen molar-refractivity contribution in [3.63, 3.8) is 0 Å². The van der Waals surface area contributed by atoms with Gasteiger partial charge in [-0.25, -0.2) is 0 Å². The van der Waals surface area contributed by atoms with Crippen molar-refractivity contribution in [1.29, 1.82) is 5.26 Å². The number of halogens is 3. The predicted molar refractivity (Wildman–Crippen MR) is 83.3 cm³/mol. The fourth-order valence-corrected chi connectivity index (χ4v) is 2.97. The van der Waals surface area contributed by atoms with Gasteiger partial charge in [0.25, 0.3) is 0 Å². The SMILES string of the molecule is CC(=O)N[C@H]1CC[C@@H](C(F)(F)F)N(C(=O)Cc2ccc(C#N)cc2)C1. The number of alkyl halides is 3. The van der Waals surface area contributed by atoms with E-state index in [2.05, 4.69) is 5.32 Å². The van der Waals surface area contributed by atoms with Gasteiger partial charge < -0.3 is 10.2 Å². The highest BCUT2D eigenvalue weighted by atomic mass is 19.4. The Morgan fingerprint density at radius 1 is 1.28 bits per heavy atom. The molecular weight excluding hydrogens is 335 g/mol. The molecule has 1 N–H and O–H groups in total. The topological polar surface area (TPSA) is 73.2 Å². The predicted octanol–water partition coefficient (Wildman–Crippen LogP) is 2.16. The van der Waals surface area contributed by atoms with E-state index in [0.29, 0.717) is 11.1 Å². The standard InChI is InChI=1S/C17H18F3N3O2/c1-11(24)22-14-6-7-15(17(18,19)20)23(10-14)16(25)8-12-2-4-13(9-21)5-3-12/h2-5,14-15H,6-8,10H2,1H3,(H,22,24)/t14-,15-/m0/s1. The number of carbonyl (C=O) groups excluding carboxylic acids is 2. The van der Waals surface area contributed by atoms with Gasteiger partial charge in [0.05, 0.1) is 18.1 Å². The number of likely N-dealkylation sites (tertiary alicyclic amines) is 1. The van der Waals surface area contributed by atoms with Crippen LogP contribution in [-0.4, -0.2) is 41.5 Å². The highest BCUT2D eigenvalue weighted by molar-refractivity contribution is 5.79. The van der Waals surface area contributed by atoms with Crippen LogP contribution in [0, 0.1) is 11.3 Å². The lowest BCUT2D eigenvalue weighted by Gasteiger charge is -2.40. The molecular formula is C17H18F3N3O2. The second-order valence-corrected chi connectivity index (χ2v) is 6.06. The van der Waals surface area contributed by atoms with Crippen LogP contribution in [-0.2, 0) is 16.0 Å². The molecule has 1 saturated heterocycles. The second kappa shape index (κ2) is 7.55. The lowest BCUT2D eigenvalue weighted by Crippen LogP contribution is -2.58. The molecule has 2 amide bonds. The minimum absolute atomic E-state index is 0.168. The largest absolute Gasteiger partial charge is 0.408 e. The number of hydrogen-bond donors (Lipinski definition) is 1. The quantitative estimate of drug-likeness (QED) is 0.905. The van der Waals surface area contributed by atoms with Crippen LogP contribution in [0.25, 0.3) is 0 Å². The molecule has 1 fully saturated rings. The van der Waals surface area contributed by atoms with E-state index < -0.39 is 24.2 Å². The molecule has 0 aromatic heterocycles. The van der Waals surface area contributed by atoms with E-state index in [1.54, 1.807) is 12.1 Å². The number of amides is 2. The van der Waals surface area contributed by atoms with Gasteiger partial charge in [0, 0.05) is 19.5 Å². The number of benzene rings is 1. The van der Waals surface area contributed by atoms with Gasteiger partial charge in [0.1, 0.15) is 6.04 Å². The van der Waals surface area contributed by atoms with Crippen LogP contribution >= 0.6 is 0 Å². The third-order valence-electron chi connectivity index (χ3n) is 4.13. The van der Waals surface area contributed by atoms with E-state index in [1.807, 2.05) is 6.07 Å². The first-order valence-corrected chi connectivity index (χ1v) is 7.83. The molecule has 1 aliphatic rings. The van der Waals surface area contributed by atoms with Gasteiger partial charge in [0.15, 0.2) is 0 Å². The fourth-order valence-electron chi connectivity index (χ4n) is 2.97. The Labute approximate surface area is 143 Å². The monoisotopic (exact) mass is 353 g/mol. The Kier molecular flexibility index (Phi) is 5.67. The summed E-state index contributed by atoms with van der Waals surface area (Å²) in [6.45, 7) is 1.12. The van der Waals surface area contributed by atoms with E-state index in [1.165, 1.54) is 19.1 Å². The highest BCUT2D eigenvalue weighted by Gasteiger charge is 2.47. The maximum Gasteiger partial charge on any atom is 0.408 e. The average Bonchev–Trinajstić information content (AvgIpc) is 2.54. The van der Waals surface area contributed by atoms with Crippen LogP contribution in [0.5, 0.6) is 0 Å². The number of rotatable bonds is 3. The number of piperidine rings is 1. The van der Waals surface area contributed by atoms with E-state index in [9.17, 15) is 22.8 Å². The Bertz CT molecular complexity index is 680. The molecule has 134 valence electrons. The summed E-state index contributed by atoms with van der Waals surface area (Å²) in [5.74, 6) is -0.989. The van der Waals surface area contributed by atoms with Crippen LogP contribution in [0.3, 0.4) is 0 Å². The molecule has 0 unspecified atom stereocenters. The first-order chi connectivity index (χ1) is 11.7. The first kappa shape index (κ1) is 18.8. The molecule has 8 heteroatoms. The van der Waals surface area contributed by atoms with Crippen molar-refractivity contribution in [3.05, 3.63) is 35.4 Å². The normalized spacial score (nSPS) is 20.7. The van der Waals surface area contributed by atoms with Crippen LogP contribution in [0.15, 0.2) is 24.3 Å². The molecule has 0 saturated carbocycles. The first-order valence-electron chi connectivity index (χ1n) is 7.83. The molecule has 1 aromatic carbocycles. The summed E-state index contributed by atoms with van der Waals surface area (Å²) in [7, 11) is 0. The van der Waals surface area contributed by atoms with E-state index >= 15 is 0 Å². The van der Waals surface area contributed by atoms with E-state index in [4.69, 9.17) is 5.26 Å². The fraction of sp³-hybridized carbons (Fsp3) is 0.471. The Balaban J connectivity index is 2.14. The zero-order valence-corrected chi connectivity index (χ0v) is 13.6. The number of nitriles is 1. The van der Waals surface area contributed by atoms with Gasteiger partial charge in [-0.15, -0.1) is 0 Å². The van der Waals surface area contributed by atoms with Crippen LogP contribution < -0.4 is 5.32 Å². The molecule has 5 nitrogen and oxygen atoms in total. The highest BCUT2D eigenvalue weighted by Crippen LogP contribution is 2.32. The molecule has 1 aliphatic heterocycles. The Morgan fingerprint density at radius 3 is 2.44 bits per heavy atom. The van der Waals surface area contributed by atoms with Gasteiger partial charge in [-0.3, -0.25) is 9.59 Å². The number of nitrogens with zero attached hydrogens (tertiary/aromatic N) is 2. The zero-order chi connectivity index (χ0) is 18.6. The van der Waals surface area contributed by atoms with Crippen molar-refractivity contribution in [2.45, 2.75) is 44.4 Å². The molecule has 0 aliphatic carbocycles. The van der Waals surface area contributed by atoms with Crippen molar-refractivity contribution in [3.8, 4) is 6.07 Å². The average molecular weight is 353 g/mol. The third-order valence-corrected chi connectivity index (χ3v) is 4.13.